The summed E-state index contributed by atoms with van der Waals surface area (Å²) in [4.78, 5) is 56.4. The second-order valence-corrected chi connectivity index (χ2v) is 16.6. The van der Waals surface area contributed by atoms with Crippen LogP contribution in [-0.2, 0) is 25.6 Å². The maximum Gasteiger partial charge on any atom is 0.255 e. The van der Waals surface area contributed by atoms with Crippen molar-refractivity contribution in [3.63, 3.8) is 0 Å². The number of piperidine rings is 3. The average molecular weight is 780 g/mol. The minimum absolute atomic E-state index is 0.0202. The van der Waals surface area contributed by atoms with Crippen molar-refractivity contribution < 1.29 is 33.0 Å². The van der Waals surface area contributed by atoms with E-state index < -0.39 is 17.8 Å². The van der Waals surface area contributed by atoms with Gasteiger partial charge in [-0.2, -0.15) is 5.10 Å². The van der Waals surface area contributed by atoms with Gasteiger partial charge in [-0.05, 0) is 76.8 Å². The molecule has 4 aliphatic heterocycles. The lowest BCUT2D eigenvalue weighted by Crippen LogP contribution is -2.52. The van der Waals surface area contributed by atoms with Crippen LogP contribution < -0.4 is 19.9 Å². The normalized spacial score (nSPS) is 25.1. The molecule has 2 aliphatic carbocycles. The molecule has 5 fully saturated rings. The van der Waals surface area contributed by atoms with E-state index in [4.69, 9.17) is 14.2 Å². The van der Waals surface area contributed by atoms with Crippen molar-refractivity contribution in [1.29, 1.82) is 0 Å². The Balaban J connectivity index is 0.671. The van der Waals surface area contributed by atoms with E-state index >= 15 is 4.39 Å². The van der Waals surface area contributed by atoms with Crippen molar-refractivity contribution in [3.05, 3.63) is 53.7 Å². The third-order valence-electron chi connectivity index (χ3n) is 12.6. The number of fused-ring (bicyclic) bond motifs is 2. The van der Waals surface area contributed by atoms with Crippen LogP contribution in [0, 0.1) is 5.82 Å². The van der Waals surface area contributed by atoms with E-state index in [1.165, 1.54) is 4.90 Å². The third kappa shape index (κ3) is 7.06. The zero-order chi connectivity index (χ0) is 38.8. The van der Waals surface area contributed by atoms with Crippen molar-refractivity contribution >= 4 is 40.1 Å². The predicted octanol–water partition coefficient (Wildman–Crippen LogP) is 4.45. The Labute approximate surface area is 328 Å². The highest BCUT2D eigenvalue weighted by Crippen LogP contribution is 2.40. The van der Waals surface area contributed by atoms with Crippen LogP contribution in [0.15, 0.2) is 36.8 Å². The Kier molecular flexibility index (Phi) is 9.07. The number of pyridine rings is 1. The summed E-state index contributed by atoms with van der Waals surface area (Å²) in [5.41, 5.74) is 3.28. The summed E-state index contributed by atoms with van der Waals surface area (Å²) < 4.78 is 35.0. The van der Waals surface area contributed by atoms with E-state index in [2.05, 4.69) is 42.3 Å². The Morgan fingerprint density at radius 1 is 0.860 bits per heavy atom. The summed E-state index contributed by atoms with van der Waals surface area (Å²) in [7, 11) is 0. The molecule has 3 aromatic heterocycles. The van der Waals surface area contributed by atoms with Gasteiger partial charge in [0.2, 0.25) is 17.7 Å². The van der Waals surface area contributed by atoms with Gasteiger partial charge in [0.05, 0.1) is 54.1 Å². The van der Waals surface area contributed by atoms with Gasteiger partial charge < -0.3 is 28.9 Å². The number of carbonyl (C=O) groups is 3. The van der Waals surface area contributed by atoms with E-state index in [0.29, 0.717) is 30.2 Å². The molecular weight excluding hydrogens is 734 g/mol. The van der Waals surface area contributed by atoms with Crippen molar-refractivity contribution in [1.82, 2.24) is 35.4 Å². The number of hydrogen-bond donors (Lipinski definition) is 2. The first kappa shape index (κ1) is 36.1. The highest BCUT2D eigenvalue weighted by molar-refractivity contribution is 6.05. The first-order valence-corrected chi connectivity index (χ1v) is 20.3. The Hall–Kier alpha value is -5.22. The van der Waals surface area contributed by atoms with Crippen LogP contribution >= 0.6 is 0 Å². The van der Waals surface area contributed by atoms with Gasteiger partial charge in [0.1, 0.15) is 29.5 Å². The Bertz CT molecular complexity index is 2220. The van der Waals surface area contributed by atoms with Crippen molar-refractivity contribution in [2.24, 2.45) is 0 Å². The number of anilines is 2. The Morgan fingerprint density at radius 3 is 2.28 bits per heavy atom. The largest absolute Gasteiger partial charge is 0.471 e. The first-order valence-electron chi connectivity index (χ1n) is 20.3. The Morgan fingerprint density at radius 2 is 1.58 bits per heavy atom. The summed E-state index contributed by atoms with van der Waals surface area (Å²) in [6.45, 7) is 5.10. The number of aromatic amines is 1. The van der Waals surface area contributed by atoms with Crippen LogP contribution in [0.3, 0.4) is 0 Å². The van der Waals surface area contributed by atoms with Crippen LogP contribution in [0.4, 0.5) is 15.9 Å². The number of nitrogens with one attached hydrogen (secondary N) is 2. The van der Waals surface area contributed by atoms with Crippen LogP contribution in [-0.4, -0.2) is 110 Å². The van der Waals surface area contributed by atoms with Crippen molar-refractivity contribution in [3.8, 4) is 17.3 Å². The molecule has 0 spiro atoms. The molecule has 3 amide bonds. The summed E-state index contributed by atoms with van der Waals surface area (Å²) in [5, 5.41) is 10.8. The molecule has 298 valence electrons. The van der Waals surface area contributed by atoms with Gasteiger partial charge in [0, 0.05) is 61.2 Å². The SMILES string of the molecule is CC1(Oc2cc3c(-c4cc(N5CCC(O[C@H]6C[C@H](OC7CCN(c8ccc9c(c8F)CN(C8CCC(=O)NC8=O)C9=O)CC7)C6)CC5)ncn4)n[nH]c3cn2)CC1. The topological polar surface area (TPSA) is 168 Å². The summed E-state index contributed by atoms with van der Waals surface area (Å²) >= 11 is 0. The molecule has 6 aliphatic rings. The van der Waals surface area contributed by atoms with E-state index in [1.54, 1.807) is 24.7 Å². The molecule has 15 nitrogen and oxygen atoms in total. The first-order chi connectivity index (χ1) is 27.7. The minimum Gasteiger partial charge on any atom is -0.471 e. The standard InChI is InChI=1S/C41H46FN9O6/c1-41(10-11-41)57-36-18-28-31(20-43-36)47-48-38(28)30-19-34(45-22-44-30)50-14-8-24(9-15-50)56-26-16-25(17-26)55-23-6-12-49(13-7-23)32-3-2-27-29(37(32)42)21-51(40(27)54)33-4-5-35(52)46-39(33)53/h2-3,18-20,22-26,33H,4-17,21H2,1H3,(H,47,48)(H,46,52,53)/t25-,26-,33?. The number of hydrogen-bond acceptors (Lipinski definition) is 12. The number of aromatic nitrogens is 5. The molecule has 1 atom stereocenters. The predicted molar refractivity (Wildman–Crippen MR) is 205 cm³/mol. The smallest absolute Gasteiger partial charge is 0.255 e. The summed E-state index contributed by atoms with van der Waals surface area (Å²) in [6, 6.07) is 6.51. The molecule has 2 N–H and O–H groups in total. The van der Waals surface area contributed by atoms with Crippen LogP contribution in [0.1, 0.15) is 87.1 Å². The van der Waals surface area contributed by atoms with Gasteiger partial charge in [-0.1, -0.05) is 0 Å². The lowest BCUT2D eigenvalue weighted by molar-refractivity contribution is -0.149. The van der Waals surface area contributed by atoms with Crippen molar-refractivity contribution in [2.75, 3.05) is 36.0 Å². The molecule has 57 heavy (non-hydrogen) atoms. The number of imide groups is 1. The van der Waals surface area contributed by atoms with E-state index in [-0.39, 0.29) is 66.8 Å². The number of benzene rings is 1. The molecule has 4 aromatic rings. The van der Waals surface area contributed by atoms with Gasteiger partial charge >= 0.3 is 0 Å². The number of H-pyrrole nitrogens is 1. The molecule has 1 aromatic carbocycles. The third-order valence-corrected chi connectivity index (χ3v) is 12.6. The number of amides is 3. The zero-order valence-corrected chi connectivity index (χ0v) is 31.9. The van der Waals surface area contributed by atoms with Gasteiger partial charge in [-0.3, -0.25) is 24.8 Å². The molecule has 2 saturated carbocycles. The monoisotopic (exact) mass is 779 g/mol. The number of halogens is 1. The molecule has 16 heteroatoms. The lowest BCUT2D eigenvalue weighted by atomic mass is 9.90. The molecule has 0 bridgehead atoms. The van der Waals surface area contributed by atoms with E-state index in [1.807, 2.05) is 17.0 Å². The average Bonchev–Trinajstić information content (AvgIpc) is 3.61. The maximum absolute atomic E-state index is 15.9. The van der Waals surface area contributed by atoms with Gasteiger partial charge in [0.15, 0.2) is 5.82 Å². The fourth-order valence-electron chi connectivity index (χ4n) is 8.90. The molecule has 10 rings (SSSR count). The quantitative estimate of drug-likeness (QED) is 0.218. The van der Waals surface area contributed by atoms with Gasteiger partial charge in [-0.25, -0.2) is 19.3 Å². The minimum atomic E-state index is -0.771. The fourth-order valence-corrected chi connectivity index (χ4v) is 8.90. The lowest BCUT2D eigenvalue weighted by Gasteiger charge is -2.42. The van der Waals surface area contributed by atoms with Crippen LogP contribution in [0.5, 0.6) is 5.88 Å². The highest BCUT2D eigenvalue weighted by atomic mass is 19.1. The van der Waals surface area contributed by atoms with Crippen LogP contribution in [0.25, 0.3) is 22.3 Å². The number of rotatable bonds is 10. The number of carbonyl (C=O) groups excluding carboxylic acids is 3. The second-order valence-electron chi connectivity index (χ2n) is 16.6. The van der Waals surface area contributed by atoms with Crippen LogP contribution in [0.2, 0.25) is 0 Å². The molecule has 7 heterocycles. The number of ether oxygens (including phenoxy) is 3. The summed E-state index contributed by atoms with van der Waals surface area (Å²) in [6.07, 6.45) is 11.7. The fraction of sp³-hybridized carbons (Fsp3) is 0.537. The van der Waals surface area contributed by atoms with Gasteiger partial charge in [0.25, 0.3) is 5.91 Å². The molecule has 1 unspecified atom stereocenters. The molecular formula is C41H46FN9O6. The van der Waals surface area contributed by atoms with E-state index in [9.17, 15) is 14.4 Å². The van der Waals surface area contributed by atoms with Gasteiger partial charge in [-0.15, -0.1) is 0 Å². The maximum atomic E-state index is 15.9. The second kappa shape index (κ2) is 14.3. The molecule has 0 radical (unpaired) electrons. The number of nitrogens with zero attached hydrogens (tertiary/aromatic N) is 7. The summed E-state index contributed by atoms with van der Waals surface area (Å²) in [5.74, 6) is -0.164. The highest BCUT2D eigenvalue weighted by Gasteiger charge is 2.42. The van der Waals surface area contributed by atoms with Crippen molar-refractivity contribution in [2.45, 2.75) is 114 Å². The van der Waals surface area contributed by atoms with E-state index in [0.717, 1.165) is 92.6 Å². The molecule has 3 saturated heterocycles. The zero-order valence-electron chi connectivity index (χ0n) is 31.9.